The zero-order valence-electron chi connectivity index (χ0n) is 11.3. The maximum atomic E-state index is 11.9. The third-order valence-electron chi connectivity index (χ3n) is 2.45. The Balaban J connectivity index is 2.70. The van der Waals surface area contributed by atoms with Crippen LogP contribution in [0.15, 0.2) is 24.9 Å². The van der Waals surface area contributed by atoms with Crippen molar-refractivity contribution in [3.63, 3.8) is 0 Å². The lowest BCUT2D eigenvalue weighted by molar-refractivity contribution is -0.183. The molecule has 0 aliphatic carbocycles. The van der Waals surface area contributed by atoms with Crippen molar-refractivity contribution in [3.05, 3.63) is 36.2 Å². The number of pyridine rings is 1. The van der Waals surface area contributed by atoms with Gasteiger partial charge in [-0.1, -0.05) is 12.7 Å². The summed E-state index contributed by atoms with van der Waals surface area (Å²) in [5.74, 6) is -1.54. The van der Waals surface area contributed by atoms with Crippen LogP contribution in [-0.2, 0) is 19.1 Å². The van der Waals surface area contributed by atoms with Crippen LogP contribution >= 0.6 is 0 Å². The first kappa shape index (κ1) is 14.9. The maximum absolute atomic E-state index is 11.9. The summed E-state index contributed by atoms with van der Waals surface area (Å²) in [6.07, 6.45) is 2.37. The van der Waals surface area contributed by atoms with Crippen LogP contribution in [-0.4, -0.2) is 23.2 Å². The number of aromatic nitrogens is 1. The van der Waals surface area contributed by atoms with E-state index in [-0.39, 0.29) is 0 Å². The van der Waals surface area contributed by atoms with Gasteiger partial charge < -0.3 is 9.47 Å². The van der Waals surface area contributed by atoms with E-state index in [0.717, 1.165) is 5.56 Å². The van der Waals surface area contributed by atoms with Crippen molar-refractivity contribution in [2.45, 2.75) is 33.0 Å². The first-order valence-corrected chi connectivity index (χ1v) is 5.90. The van der Waals surface area contributed by atoms with Gasteiger partial charge in [-0.05, 0) is 24.6 Å². The Kier molecular flexibility index (Phi) is 5.23. The van der Waals surface area contributed by atoms with Gasteiger partial charge in [0.2, 0.25) is 6.29 Å². The van der Waals surface area contributed by atoms with Gasteiger partial charge in [0.15, 0.2) is 0 Å². The highest BCUT2D eigenvalue weighted by Crippen LogP contribution is 2.17. The summed E-state index contributed by atoms with van der Waals surface area (Å²) in [5.41, 5.74) is 1.45. The molecule has 0 bridgehead atoms. The minimum absolute atomic E-state index is 0.498. The summed E-state index contributed by atoms with van der Waals surface area (Å²) in [7, 11) is 0. The van der Waals surface area contributed by atoms with E-state index in [1.54, 1.807) is 31.3 Å². The monoisotopic (exact) mass is 263 g/mol. The second kappa shape index (κ2) is 6.68. The molecule has 0 N–H and O–H groups in total. The molecule has 1 aromatic heterocycles. The van der Waals surface area contributed by atoms with Crippen LogP contribution in [0, 0.1) is 0 Å². The zero-order chi connectivity index (χ0) is 14.4. The lowest BCUT2D eigenvalue weighted by Crippen LogP contribution is -2.23. The molecule has 0 aliphatic rings. The molecule has 1 aromatic rings. The summed E-state index contributed by atoms with van der Waals surface area (Å²) in [4.78, 5) is 26.7. The van der Waals surface area contributed by atoms with Crippen molar-refractivity contribution in [2.75, 3.05) is 0 Å². The lowest BCUT2D eigenvalue weighted by atomic mass is 10.1. The number of nitrogens with zero attached hydrogens (tertiary/aromatic N) is 1. The molecular weight excluding hydrogens is 246 g/mol. The summed E-state index contributed by atoms with van der Waals surface area (Å²) in [6.45, 7) is 8.07. The molecule has 0 amide bonds. The molecule has 1 rings (SSSR count). The number of hydrogen-bond donors (Lipinski definition) is 0. The van der Waals surface area contributed by atoms with E-state index >= 15 is 0 Å². The Hall–Kier alpha value is -2.17. The highest BCUT2D eigenvalue weighted by molar-refractivity contribution is 5.77. The fourth-order valence-corrected chi connectivity index (χ4v) is 1.47. The summed E-state index contributed by atoms with van der Waals surface area (Å²) in [5, 5.41) is 0. The average Bonchev–Trinajstić information content (AvgIpc) is 2.36. The van der Waals surface area contributed by atoms with Gasteiger partial charge in [0.25, 0.3) is 0 Å². The molecule has 2 atom stereocenters. The first-order valence-electron chi connectivity index (χ1n) is 5.90. The molecule has 0 saturated heterocycles. The summed E-state index contributed by atoms with van der Waals surface area (Å²) >= 11 is 0. The molecule has 0 aromatic carbocycles. The molecule has 19 heavy (non-hydrogen) atoms. The highest BCUT2D eigenvalue weighted by Gasteiger charge is 2.21. The topological polar surface area (TPSA) is 65.5 Å². The minimum Gasteiger partial charge on any atom is -0.426 e. The van der Waals surface area contributed by atoms with Crippen molar-refractivity contribution < 1.29 is 19.1 Å². The van der Waals surface area contributed by atoms with Crippen LogP contribution in [0.3, 0.4) is 0 Å². The fraction of sp³-hybridized carbons (Fsp3) is 0.357. The van der Waals surface area contributed by atoms with Gasteiger partial charge in [0.1, 0.15) is 0 Å². The largest absolute Gasteiger partial charge is 0.426 e. The average molecular weight is 263 g/mol. The third kappa shape index (κ3) is 4.54. The molecule has 0 aliphatic heterocycles. The molecule has 0 spiro atoms. The molecule has 0 fully saturated rings. The smallest absolute Gasteiger partial charge is 0.317 e. The van der Waals surface area contributed by atoms with Gasteiger partial charge in [-0.2, -0.15) is 0 Å². The van der Waals surface area contributed by atoms with Crippen LogP contribution in [0.1, 0.15) is 37.9 Å². The van der Waals surface area contributed by atoms with Crippen molar-refractivity contribution in [2.24, 2.45) is 0 Å². The predicted octanol–water partition coefficient (Wildman–Crippen LogP) is 2.28. The van der Waals surface area contributed by atoms with Crippen LogP contribution < -0.4 is 0 Å². The zero-order valence-corrected chi connectivity index (χ0v) is 11.3. The van der Waals surface area contributed by atoms with Crippen LogP contribution in [0.4, 0.5) is 0 Å². The van der Waals surface area contributed by atoms with Crippen LogP contribution in [0.25, 0.3) is 6.08 Å². The number of carbonyl (C=O) groups is 2. The summed E-state index contributed by atoms with van der Waals surface area (Å²) in [6, 6.07) is 3.55. The predicted molar refractivity (Wildman–Crippen MR) is 70.1 cm³/mol. The Morgan fingerprint density at radius 3 is 2.63 bits per heavy atom. The normalized spacial score (nSPS) is 13.2. The number of ether oxygens (including phenoxy) is 2. The van der Waals surface area contributed by atoms with Gasteiger partial charge in [0.05, 0.1) is 11.6 Å². The second-order valence-electron chi connectivity index (χ2n) is 4.05. The van der Waals surface area contributed by atoms with Crippen molar-refractivity contribution in [3.8, 4) is 0 Å². The third-order valence-corrected chi connectivity index (χ3v) is 2.45. The molecular formula is C14H17NO4. The van der Waals surface area contributed by atoms with E-state index in [9.17, 15) is 9.59 Å². The van der Waals surface area contributed by atoms with Crippen LogP contribution in [0.5, 0.6) is 0 Å². The van der Waals surface area contributed by atoms with Crippen molar-refractivity contribution in [1.29, 1.82) is 0 Å². The highest BCUT2D eigenvalue weighted by atomic mass is 16.7. The number of esters is 2. The fourth-order valence-electron chi connectivity index (χ4n) is 1.47. The quantitative estimate of drug-likeness (QED) is 0.602. The van der Waals surface area contributed by atoms with E-state index in [2.05, 4.69) is 11.6 Å². The van der Waals surface area contributed by atoms with E-state index in [4.69, 9.17) is 9.47 Å². The van der Waals surface area contributed by atoms with Crippen molar-refractivity contribution >= 4 is 18.0 Å². The molecule has 5 nitrogen and oxygen atoms in total. The van der Waals surface area contributed by atoms with E-state index in [1.807, 2.05) is 0 Å². The van der Waals surface area contributed by atoms with Gasteiger partial charge in [-0.3, -0.25) is 14.6 Å². The minimum atomic E-state index is -0.907. The van der Waals surface area contributed by atoms with Gasteiger partial charge in [-0.15, -0.1) is 0 Å². The van der Waals surface area contributed by atoms with Gasteiger partial charge in [-0.25, -0.2) is 0 Å². The second-order valence-corrected chi connectivity index (χ2v) is 4.05. The Labute approximate surface area is 112 Å². The number of hydrogen-bond acceptors (Lipinski definition) is 5. The molecule has 1 heterocycles. The van der Waals surface area contributed by atoms with Crippen molar-refractivity contribution in [1.82, 2.24) is 4.98 Å². The Morgan fingerprint density at radius 2 is 2.05 bits per heavy atom. The first-order chi connectivity index (χ1) is 8.93. The Morgan fingerprint density at radius 1 is 1.37 bits per heavy atom. The SMILES string of the molecule is C=Cc1ccnc(C(C)C(=O)OC(C)OC(C)=O)c1. The molecule has 0 saturated carbocycles. The molecule has 102 valence electrons. The van der Waals surface area contributed by atoms with E-state index in [0.29, 0.717) is 5.69 Å². The number of carbonyl (C=O) groups excluding carboxylic acids is 2. The maximum Gasteiger partial charge on any atom is 0.317 e. The summed E-state index contributed by atoms with van der Waals surface area (Å²) < 4.78 is 9.74. The molecule has 0 radical (unpaired) electrons. The lowest BCUT2D eigenvalue weighted by Gasteiger charge is -2.16. The molecule has 2 unspecified atom stereocenters. The number of rotatable bonds is 5. The van der Waals surface area contributed by atoms with E-state index in [1.165, 1.54) is 13.8 Å². The standard InChI is InChI=1S/C14H17NO4/c1-5-12-6-7-15-13(8-12)9(2)14(17)19-11(4)18-10(3)16/h5-9,11H,1H2,2-4H3. The Bertz CT molecular complexity index is 484. The van der Waals surface area contributed by atoms with Gasteiger partial charge in [0, 0.05) is 20.0 Å². The van der Waals surface area contributed by atoms with Crippen LogP contribution in [0.2, 0.25) is 0 Å². The van der Waals surface area contributed by atoms with E-state index < -0.39 is 24.1 Å². The molecule has 5 heteroatoms. The van der Waals surface area contributed by atoms with Gasteiger partial charge >= 0.3 is 11.9 Å².